The average molecular weight is 872 g/mol. The third kappa shape index (κ3) is 9.71. The molecule has 0 saturated carbocycles. The highest BCUT2D eigenvalue weighted by molar-refractivity contribution is 7.18. The minimum absolute atomic E-state index is 0.00826. The number of amides is 6. The summed E-state index contributed by atoms with van der Waals surface area (Å²) in [6, 6.07) is 18.6. The Hall–Kier alpha value is -5.24. The van der Waals surface area contributed by atoms with Gasteiger partial charge in [-0.25, -0.2) is 9.59 Å². The monoisotopic (exact) mass is 870 g/mol. The Morgan fingerprint density at radius 1 is 0.810 bits per heavy atom. The molecule has 7 rings (SSSR count). The van der Waals surface area contributed by atoms with Gasteiger partial charge in [0.1, 0.15) is 30.3 Å². The van der Waals surface area contributed by atoms with Gasteiger partial charge in [-0.2, -0.15) is 0 Å². The van der Waals surface area contributed by atoms with Crippen molar-refractivity contribution in [3.63, 3.8) is 0 Å². The Morgan fingerprint density at radius 2 is 1.43 bits per heavy atom. The molecule has 20 heteroatoms. The number of rotatable bonds is 15. The van der Waals surface area contributed by atoms with Crippen molar-refractivity contribution in [3.05, 3.63) is 91.2 Å². The molecule has 3 aliphatic heterocycles. The van der Waals surface area contributed by atoms with Crippen molar-refractivity contribution < 1.29 is 47.7 Å². The highest BCUT2D eigenvalue weighted by Crippen LogP contribution is 2.30. The van der Waals surface area contributed by atoms with Crippen LogP contribution in [0.2, 0.25) is 9.36 Å². The van der Waals surface area contributed by atoms with E-state index in [1.54, 1.807) is 77.0 Å². The van der Waals surface area contributed by atoms with Gasteiger partial charge in [0.05, 0.1) is 53.6 Å². The molecule has 4 aromatic rings. The second-order valence-electron chi connectivity index (χ2n) is 13.1. The normalized spacial score (nSPS) is 18.0. The molecule has 2 N–H and O–H groups in total. The van der Waals surface area contributed by atoms with Gasteiger partial charge in [-0.1, -0.05) is 23.2 Å². The Kier molecular flexibility index (Phi) is 13.1. The van der Waals surface area contributed by atoms with E-state index in [1.807, 2.05) is 0 Å². The van der Waals surface area contributed by atoms with E-state index in [2.05, 4.69) is 10.6 Å². The summed E-state index contributed by atoms with van der Waals surface area (Å²) in [7, 11) is 0. The third-order valence-electron chi connectivity index (χ3n) is 9.24. The van der Waals surface area contributed by atoms with E-state index in [-0.39, 0.29) is 70.3 Å². The SMILES string of the molecule is O=C(COCCN(C(=O)c1sccc1Cl)c1ccc(N2C[C@H](CNC(=O)c3ccc(Cl)s3)OC2=O)cc1)NC[C@H]1CN(c2ccc(N3CCOCC3=O)cc2)C(=O)O1. The van der Waals surface area contributed by atoms with Gasteiger partial charge in [-0.3, -0.25) is 29.0 Å². The topological polar surface area (TPSA) is 176 Å². The molecule has 3 aliphatic rings. The molecule has 3 saturated heterocycles. The number of hydrogen-bond acceptors (Lipinski definition) is 12. The fraction of sp³-hybridized carbons (Fsp3) is 0.316. The second kappa shape index (κ2) is 18.6. The van der Waals surface area contributed by atoms with Crippen molar-refractivity contribution in [2.24, 2.45) is 0 Å². The molecule has 0 radical (unpaired) electrons. The maximum atomic E-state index is 13.7. The summed E-state index contributed by atoms with van der Waals surface area (Å²) in [6.45, 7) is 1.24. The van der Waals surface area contributed by atoms with E-state index in [1.165, 1.54) is 26.0 Å². The maximum absolute atomic E-state index is 13.7. The first kappa shape index (κ1) is 40.9. The Bertz CT molecular complexity index is 2170. The van der Waals surface area contributed by atoms with Crippen LogP contribution in [-0.4, -0.2) is 114 Å². The number of anilines is 4. The van der Waals surface area contributed by atoms with Gasteiger partial charge >= 0.3 is 12.2 Å². The molecular weight excluding hydrogens is 835 g/mol. The van der Waals surface area contributed by atoms with Gasteiger partial charge in [0, 0.05) is 35.8 Å². The minimum Gasteiger partial charge on any atom is -0.442 e. The first-order chi connectivity index (χ1) is 28.0. The van der Waals surface area contributed by atoms with Crippen LogP contribution in [0, 0.1) is 0 Å². The molecule has 16 nitrogen and oxygen atoms in total. The highest BCUT2D eigenvalue weighted by atomic mass is 35.5. The number of thiophene rings is 2. The number of morpholine rings is 1. The van der Waals surface area contributed by atoms with Gasteiger partial charge in [0.15, 0.2) is 0 Å². The van der Waals surface area contributed by atoms with Gasteiger partial charge < -0.3 is 39.4 Å². The van der Waals surface area contributed by atoms with Crippen LogP contribution in [-0.2, 0) is 28.5 Å². The van der Waals surface area contributed by atoms with Gasteiger partial charge in [0.25, 0.3) is 17.7 Å². The van der Waals surface area contributed by atoms with Crippen LogP contribution in [0.5, 0.6) is 0 Å². The fourth-order valence-corrected chi connectivity index (χ4v) is 8.38. The predicted molar refractivity (Wildman–Crippen MR) is 218 cm³/mol. The maximum Gasteiger partial charge on any atom is 0.414 e. The number of carbonyl (C=O) groups excluding carboxylic acids is 6. The first-order valence-corrected chi connectivity index (χ1v) is 20.5. The largest absolute Gasteiger partial charge is 0.442 e. The number of hydrogen-bond donors (Lipinski definition) is 2. The number of nitrogens with one attached hydrogen (secondary N) is 2. The highest BCUT2D eigenvalue weighted by Gasteiger charge is 2.34. The van der Waals surface area contributed by atoms with Crippen molar-refractivity contribution in [1.29, 1.82) is 0 Å². The predicted octanol–water partition coefficient (Wildman–Crippen LogP) is 5.04. The molecule has 0 bridgehead atoms. The zero-order valence-electron chi connectivity index (χ0n) is 30.6. The second-order valence-corrected chi connectivity index (χ2v) is 16.1. The molecule has 5 heterocycles. The van der Waals surface area contributed by atoms with Gasteiger partial charge in [0.2, 0.25) is 5.91 Å². The van der Waals surface area contributed by atoms with Gasteiger partial charge in [-0.05, 0) is 72.1 Å². The quantitative estimate of drug-likeness (QED) is 0.154. The molecular formula is C38H36Cl2N6O10S2. The van der Waals surface area contributed by atoms with E-state index in [4.69, 9.17) is 42.1 Å². The molecule has 0 unspecified atom stereocenters. The van der Waals surface area contributed by atoms with Crippen LogP contribution < -0.4 is 30.2 Å². The Morgan fingerprint density at radius 3 is 2.02 bits per heavy atom. The van der Waals surface area contributed by atoms with Crippen LogP contribution in [0.15, 0.2) is 72.1 Å². The molecule has 304 valence electrons. The summed E-state index contributed by atoms with van der Waals surface area (Å²) in [5.41, 5.74) is 2.32. The molecule has 2 aromatic carbocycles. The molecule has 6 amide bonds. The van der Waals surface area contributed by atoms with Crippen molar-refractivity contribution in [3.8, 4) is 0 Å². The number of ether oxygens (including phenoxy) is 4. The number of carbonyl (C=O) groups is 6. The van der Waals surface area contributed by atoms with E-state index < -0.39 is 30.3 Å². The number of nitrogens with zero attached hydrogens (tertiary/aromatic N) is 4. The lowest BCUT2D eigenvalue weighted by molar-refractivity contribution is -0.126. The Labute approximate surface area is 350 Å². The summed E-state index contributed by atoms with van der Waals surface area (Å²) < 4.78 is 22.2. The number of halogens is 2. The van der Waals surface area contributed by atoms with E-state index in [0.717, 1.165) is 11.3 Å². The Balaban J connectivity index is 0.884. The summed E-state index contributed by atoms with van der Waals surface area (Å²) in [6.07, 6.45) is -2.31. The molecule has 0 spiro atoms. The van der Waals surface area contributed by atoms with Gasteiger partial charge in [-0.15, -0.1) is 22.7 Å². The van der Waals surface area contributed by atoms with Crippen molar-refractivity contribution in [2.75, 3.05) is 85.3 Å². The van der Waals surface area contributed by atoms with E-state index in [0.29, 0.717) is 55.0 Å². The van der Waals surface area contributed by atoms with Crippen LogP contribution in [0.3, 0.4) is 0 Å². The molecule has 58 heavy (non-hydrogen) atoms. The molecule has 2 aromatic heterocycles. The standard InChI is InChI=1S/C38H36Cl2N6O10S2/c39-29-11-16-57-34(29)36(50)44(24-3-7-26(8-4-24)46-20-28(56-38(46)52)18-42-35(49)30-9-10-31(40)58-30)13-15-53-21-32(47)41-17-27-19-45(37(51)55-27)25-5-1-23(2-6-25)43-12-14-54-22-33(43)48/h1-11,16,27-28H,12-15,17-22H2,(H,41,47)(H,42,49)/t27-,28-/m0/s1. The lowest BCUT2D eigenvalue weighted by atomic mass is 10.2. The fourth-order valence-electron chi connectivity index (χ4n) is 6.34. The smallest absolute Gasteiger partial charge is 0.414 e. The minimum atomic E-state index is -0.603. The zero-order chi connectivity index (χ0) is 40.8. The van der Waals surface area contributed by atoms with Crippen molar-refractivity contribution in [1.82, 2.24) is 10.6 Å². The summed E-state index contributed by atoms with van der Waals surface area (Å²) in [5, 5.41) is 7.48. The van der Waals surface area contributed by atoms with Crippen LogP contribution in [0.25, 0.3) is 0 Å². The summed E-state index contributed by atoms with van der Waals surface area (Å²) in [5.74, 6) is -1.26. The molecule has 2 atom stereocenters. The third-order valence-corrected chi connectivity index (χ3v) is 11.8. The van der Waals surface area contributed by atoms with Crippen LogP contribution in [0.4, 0.5) is 32.3 Å². The lowest BCUT2D eigenvalue weighted by Crippen LogP contribution is -2.41. The van der Waals surface area contributed by atoms with Crippen molar-refractivity contribution in [2.45, 2.75) is 12.2 Å². The average Bonchev–Trinajstić information content (AvgIpc) is 4.03. The van der Waals surface area contributed by atoms with Crippen LogP contribution >= 0.6 is 45.9 Å². The van der Waals surface area contributed by atoms with E-state index in [9.17, 15) is 28.8 Å². The first-order valence-electron chi connectivity index (χ1n) is 18.0. The number of benzene rings is 2. The van der Waals surface area contributed by atoms with Crippen LogP contribution in [0.1, 0.15) is 19.3 Å². The number of cyclic esters (lactones) is 2. The lowest BCUT2D eigenvalue weighted by Gasteiger charge is -2.27. The zero-order valence-corrected chi connectivity index (χ0v) is 33.7. The van der Waals surface area contributed by atoms with E-state index >= 15 is 0 Å². The molecule has 3 fully saturated rings. The summed E-state index contributed by atoms with van der Waals surface area (Å²) >= 11 is 14.6. The van der Waals surface area contributed by atoms with Crippen molar-refractivity contribution >= 4 is 104 Å². The summed E-state index contributed by atoms with van der Waals surface area (Å²) in [4.78, 5) is 83.0. The molecule has 0 aliphatic carbocycles.